The fourth-order valence-electron chi connectivity index (χ4n) is 3.75. The SMILES string of the molecule is CCn1ncc2c(C(=O)NCCNS(=O)(=O)c3cc(C)ccc3C)cc(-c3ccccc3)nc21. The molecule has 1 amide bonds. The second-order valence-corrected chi connectivity index (χ2v) is 9.78. The van der Waals surface area contributed by atoms with Gasteiger partial charge in [0.25, 0.3) is 5.91 Å². The summed E-state index contributed by atoms with van der Waals surface area (Å²) in [4.78, 5) is 18.1. The molecule has 9 heteroatoms. The van der Waals surface area contributed by atoms with Gasteiger partial charge in [-0.25, -0.2) is 22.8 Å². The zero-order chi connectivity index (χ0) is 24.3. The van der Waals surface area contributed by atoms with Crippen LogP contribution in [0, 0.1) is 13.8 Å². The van der Waals surface area contributed by atoms with E-state index in [0.717, 1.165) is 11.1 Å². The van der Waals surface area contributed by atoms with Crippen molar-refractivity contribution in [1.29, 1.82) is 0 Å². The van der Waals surface area contributed by atoms with Gasteiger partial charge in [-0.05, 0) is 44.0 Å². The largest absolute Gasteiger partial charge is 0.351 e. The van der Waals surface area contributed by atoms with Crippen LogP contribution < -0.4 is 10.0 Å². The average Bonchev–Trinajstić information content (AvgIpc) is 3.26. The van der Waals surface area contributed by atoms with E-state index in [1.807, 2.05) is 50.2 Å². The monoisotopic (exact) mass is 477 g/mol. The molecule has 0 spiro atoms. The number of carbonyl (C=O) groups is 1. The first-order chi connectivity index (χ1) is 16.3. The summed E-state index contributed by atoms with van der Waals surface area (Å²) in [7, 11) is -3.68. The summed E-state index contributed by atoms with van der Waals surface area (Å²) >= 11 is 0. The Hall–Kier alpha value is -3.56. The van der Waals surface area contributed by atoms with E-state index >= 15 is 0 Å². The molecule has 4 rings (SSSR count). The van der Waals surface area contributed by atoms with Crippen LogP contribution in [0.4, 0.5) is 0 Å². The molecule has 0 radical (unpaired) electrons. The van der Waals surface area contributed by atoms with E-state index < -0.39 is 10.0 Å². The van der Waals surface area contributed by atoms with Gasteiger partial charge in [-0.2, -0.15) is 5.10 Å². The fraction of sp³-hybridized carbons (Fsp3) is 0.240. The van der Waals surface area contributed by atoms with E-state index in [4.69, 9.17) is 4.98 Å². The number of nitrogens with one attached hydrogen (secondary N) is 2. The Morgan fingerprint density at radius 2 is 1.79 bits per heavy atom. The Morgan fingerprint density at radius 3 is 2.53 bits per heavy atom. The van der Waals surface area contributed by atoms with Crippen molar-refractivity contribution >= 4 is 27.0 Å². The van der Waals surface area contributed by atoms with Gasteiger partial charge in [0.15, 0.2) is 5.65 Å². The van der Waals surface area contributed by atoms with Crippen LogP contribution in [0.15, 0.2) is 65.7 Å². The Labute approximate surface area is 199 Å². The lowest BCUT2D eigenvalue weighted by molar-refractivity contribution is 0.0956. The predicted octanol–water partition coefficient (Wildman–Crippen LogP) is 3.44. The summed E-state index contributed by atoms with van der Waals surface area (Å²) < 4.78 is 29.7. The standard InChI is InChI=1S/C25H27N5O3S/c1-4-30-24-21(16-27-30)20(15-22(29-24)19-8-6-5-7-9-19)25(31)26-12-13-28-34(32,33)23-14-17(2)10-11-18(23)3/h5-11,14-16,28H,4,12-13H2,1-3H3,(H,26,31). The summed E-state index contributed by atoms with van der Waals surface area (Å²) in [6, 6.07) is 16.7. The van der Waals surface area contributed by atoms with Crippen LogP contribution in [0.25, 0.3) is 22.3 Å². The molecule has 0 aliphatic rings. The smallest absolute Gasteiger partial charge is 0.252 e. The van der Waals surface area contributed by atoms with Crippen molar-refractivity contribution in [3.8, 4) is 11.3 Å². The number of benzene rings is 2. The van der Waals surface area contributed by atoms with Crippen molar-refractivity contribution in [2.75, 3.05) is 13.1 Å². The first-order valence-electron chi connectivity index (χ1n) is 11.1. The predicted molar refractivity (Wildman–Crippen MR) is 132 cm³/mol. The third kappa shape index (κ3) is 4.85. The molecule has 2 heterocycles. The first-order valence-corrected chi connectivity index (χ1v) is 12.6. The molecule has 2 aromatic carbocycles. The van der Waals surface area contributed by atoms with Gasteiger partial charge < -0.3 is 5.32 Å². The maximum atomic E-state index is 13.1. The highest BCUT2D eigenvalue weighted by Gasteiger charge is 2.19. The zero-order valence-corrected chi connectivity index (χ0v) is 20.2. The van der Waals surface area contributed by atoms with E-state index in [0.29, 0.717) is 34.4 Å². The van der Waals surface area contributed by atoms with Gasteiger partial charge in [0.1, 0.15) is 0 Å². The summed E-state index contributed by atoms with van der Waals surface area (Å²) in [6.45, 7) is 6.38. The molecule has 2 N–H and O–H groups in total. The van der Waals surface area contributed by atoms with Crippen molar-refractivity contribution in [1.82, 2.24) is 24.8 Å². The van der Waals surface area contributed by atoms with Crippen LogP contribution in [-0.4, -0.2) is 42.2 Å². The molecule has 0 saturated heterocycles. The highest BCUT2D eigenvalue weighted by atomic mass is 32.2. The lowest BCUT2D eigenvalue weighted by Crippen LogP contribution is -2.35. The van der Waals surface area contributed by atoms with E-state index in [-0.39, 0.29) is 23.9 Å². The number of hydrogen-bond donors (Lipinski definition) is 2. The fourth-order valence-corrected chi connectivity index (χ4v) is 5.11. The second kappa shape index (κ2) is 9.74. The molecule has 4 aromatic rings. The number of hydrogen-bond acceptors (Lipinski definition) is 5. The minimum Gasteiger partial charge on any atom is -0.351 e. The third-order valence-corrected chi connectivity index (χ3v) is 7.16. The topological polar surface area (TPSA) is 106 Å². The van der Waals surface area contributed by atoms with Crippen LogP contribution >= 0.6 is 0 Å². The minimum atomic E-state index is -3.68. The average molecular weight is 478 g/mol. The van der Waals surface area contributed by atoms with Gasteiger partial charge >= 0.3 is 0 Å². The van der Waals surface area contributed by atoms with Gasteiger partial charge in [-0.3, -0.25) is 4.79 Å². The highest BCUT2D eigenvalue weighted by Crippen LogP contribution is 2.25. The maximum absolute atomic E-state index is 13.1. The van der Waals surface area contributed by atoms with Gasteiger partial charge in [-0.15, -0.1) is 0 Å². The summed E-state index contributed by atoms with van der Waals surface area (Å²) in [5.41, 5.74) is 4.17. The normalized spacial score (nSPS) is 11.6. The summed E-state index contributed by atoms with van der Waals surface area (Å²) in [5, 5.41) is 7.82. The molecule has 0 aliphatic heterocycles. The Kier molecular flexibility index (Phi) is 6.76. The first kappa shape index (κ1) is 23.6. The number of fused-ring (bicyclic) bond motifs is 1. The van der Waals surface area contributed by atoms with E-state index in [1.165, 1.54) is 0 Å². The van der Waals surface area contributed by atoms with Crippen LogP contribution in [0.2, 0.25) is 0 Å². The number of sulfonamides is 1. The molecule has 34 heavy (non-hydrogen) atoms. The van der Waals surface area contributed by atoms with Crippen LogP contribution in [0.3, 0.4) is 0 Å². The number of pyridine rings is 1. The van der Waals surface area contributed by atoms with Crippen molar-refractivity contribution in [2.45, 2.75) is 32.2 Å². The number of aromatic nitrogens is 3. The Balaban J connectivity index is 1.52. The molecule has 0 unspecified atom stereocenters. The molecule has 8 nitrogen and oxygen atoms in total. The van der Waals surface area contributed by atoms with Crippen LogP contribution in [-0.2, 0) is 16.6 Å². The van der Waals surface area contributed by atoms with Crippen LogP contribution in [0.1, 0.15) is 28.4 Å². The minimum absolute atomic E-state index is 0.0649. The van der Waals surface area contributed by atoms with Crippen molar-refractivity contribution < 1.29 is 13.2 Å². The molecule has 176 valence electrons. The van der Waals surface area contributed by atoms with Crippen molar-refractivity contribution in [3.05, 3.63) is 77.5 Å². The van der Waals surface area contributed by atoms with Crippen molar-refractivity contribution in [2.24, 2.45) is 0 Å². The van der Waals surface area contributed by atoms with Crippen LogP contribution in [0.5, 0.6) is 0 Å². The number of amides is 1. The quantitative estimate of drug-likeness (QED) is 0.378. The molecule has 0 bridgehead atoms. The van der Waals surface area contributed by atoms with E-state index in [9.17, 15) is 13.2 Å². The van der Waals surface area contributed by atoms with Crippen molar-refractivity contribution in [3.63, 3.8) is 0 Å². The van der Waals surface area contributed by atoms with E-state index in [2.05, 4.69) is 15.1 Å². The number of nitrogens with zero attached hydrogens (tertiary/aromatic N) is 3. The molecule has 0 aliphatic carbocycles. The lowest BCUT2D eigenvalue weighted by atomic mass is 10.1. The maximum Gasteiger partial charge on any atom is 0.252 e. The number of aryl methyl sites for hydroxylation is 3. The molecule has 0 atom stereocenters. The summed E-state index contributed by atoms with van der Waals surface area (Å²) in [6.07, 6.45) is 1.64. The van der Waals surface area contributed by atoms with Gasteiger partial charge in [0.05, 0.1) is 27.7 Å². The van der Waals surface area contributed by atoms with Gasteiger partial charge in [-0.1, -0.05) is 42.5 Å². The summed E-state index contributed by atoms with van der Waals surface area (Å²) in [5.74, 6) is -0.314. The molecule has 2 aromatic heterocycles. The molecule has 0 fully saturated rings. The number of rotatable bonds is 8. The lowest BCUT2D eigenvalue weighted by Gasteiger charge is -2.12. The molecular weight excluding hydrogens is 450 g/mol. The van der Waals surface area contributed by atoms with Gasteiger partial charge in [0, 0.05) is 25.2 Å². The highest BCUT2D eigenvalue weighted by molar-refractivity contribution is 7.89. The van der Waals surface area contributed by atoms with Gasteiger partial charge in [0.2, 0.25) is 10.0 Å². The molecule has 0 saturated carbocycles. The number of carbonyl (C=O) groups excluding carboxylic acids is 1. The molecular formula is C25H27N5O3S. The second-order valence-electron chi connectivity index (χ2n) is 8.04. The van der Waals surface area contributed by atoms with E-state index in [1.54, 1.807) is 36.0 Å². The third-order valence-electron chi connectivity index (χ3n) is 5.56. The Morgan fingerprint density at radius 1 is 1.03 bits per heavy atom. The Bertz CT molecular complexity index is 1450. The zero-order valence-electron chi connectivity index (χ0n) is 19.4.